The average Bonchev–Trinajstić information content (AvgIpc) is 2.28. The smallest absolute Gasteiger partial charge is 0.150 e. The molecular weight excluding hydrogens is 243 g/mol. The quantitative estimate of drug-likeness (QED) is 0.719. The van der Waals surface area contributed by atoms with Gasteiger partial charge in [0.15, 0.2) is 0 Å². The summed E-state index contributed by atoms with van der Waals surface area (Å²) in [5.74, 6) is 0. The Hall–Kier alpha value is -1.31. The molecule has 1 nitrogen and oxygen atoms in total. The number of rotatable bonds is 2. The highest BCUT2D eigenvalue weighted by atomic mass is 35.5. The fourth-order valence-electron chi connectivity index (χ4n) is 1.47. The van der Waals surface area contributed by atoms with Crippen LogP contribution in [0.25, 0.3) is 11.1 Å². The van der Waals surface area contributed by atoms with Crippen LogP contribution in [0.1, 0.15) is 10.4 Å². The predicted molar refractivity (Wildman–Crippen MR) is 67.3 cm³/mol. The summed E-state index contributed by atoms with van der Waals surface area (Å²) in [5, 5.41) is 1.20. The lowest BCUT2D eigenvalue weighted by atomic mass is 10.0. The molecule has 0 amide bonds. The van der Waals surface area contributed by atoms with Crippen LogP contribution in [0.3, 0.4) is 0 Å². The van der Waals surface area contributed by atoms with Crippen LogP contribution in [-0.4, -0.2) is 6.29 Å². The molecule has 0 aliphatic heterocycles. The van der Waals surface area contributed by atoms with Crippen LogP contribution >= 0.6 is 23.2 Å². The highest BCUT2D eigenvalue weighted by Gasteiger charge is 2.01. The van der Waals surface area contributed by atoms with Crippen LogP contribution in [0.15, 0.2) is 42.5 Å². The molecule has 2 aromatic carbocycles. The van der Waals surface area contributed by atoms with E-state index in [0.29, 0.717) is 15.6 Å². The van der Waals surface area contributed by atoms with E-state index in [1.165, 1.54) is 0 Å². The average molecular weight is 251 g/mol. The first-order valence-corrected chi connectivity index (χ1v) is 5.46. The number of carbonyl (C=O) groups excluding carboxylic acids is 1. The Morgan fingerprint density at radius 1 is 0.812 bits per heavy atom. The third kappa shape index (κ3) is 2.43. The van der Waals surface area contributed by atoms with Crippen molar-refractivity contribution in [2.24, 2.45) is 0 Å². The lowest BCUT2D eigenvalue weighted by molar-refractivity contribution is 0.112. The minimum atomic E-state index is 0.599. The van der Waals surface area contributed by atoms with Crippen molar-refractivity contribution in [3.05, 3.63) is 58.1 Å². The van der Waals surface area contributed by atoms with Crippen molar-refractivity contribution in [3.8, 4) is 11.1 Å². The molecule has 0 fully saturated rings. The highest BCUT2D eigenvalue weighted by molar-refractivity contribution is 6.35. The maximum Gasteiger partial charge on any atom is 0.150 e. The van der Waals surface area contributed by atoms with Gasteiger partial charge in [-0.25, -0.2) is 0 Å². The zero-order valence-electron chi connectivity index (χ0n) is 8.28. The minimum Gasteiger partial charge on any atom is -0.298 e. The van der Waals surface area contributed by atoms with Gasteiger partial charge in [0.2, 0.25) is 0 Å². The molecule has 3 heteroatoms. The maximum atomic E-state index is 10.5. The second-order valence-electron chi connectivity index (χ2n) is 3.40. The first kappa shape index (κ1) is 11.2. The molecule has 0 saturated carbocycles. The Morgan fingerprint density at radius 2 is 1.38 bits per heavy atom. The topological polar surface area (TPSA) is 17.1 Å². The van der Waals surface area contributed by atoms with Gasteiger partial charge in [-0.15, -0.1) is 0 Å². The van der Waals surface area contributed by atoms with Gasteiger partial charge in [-0.2, -0.15) is 0 Å². The molecule has 0 unspecified atom stereocenters. The molecule has 0 saturated heterocycles. The Morgan fingerprint density at radius 3 is 1.88 bits per heavy atom. The van der Waals surface area contributed by atoms with Crippen molar-refractivity contribution in [1.29, 1.82) is 0 Å². The van der Waals surface area contributed by atoms with E-state index < -0.39 is 0 Å². The van der Waals surface area contributed by atoms with Gasteiger partial charge in [0.05, 0.1) is 0 Å². The van der Waals surface area contributed by atoms with E-state index in [1.54, 1.807) is 18.2 Å². The molecule has 2 rings (SSSR count). The normalized spacial score (nSPS) is 10.1. The van der Waals surface area contributed by atoms with Crippen molar-refractivity contribution in [1.82, 2.24) is 0 Å². The molecule has 16 heavy (non-hydrogen) atoms. The number of hydrogen-bond acceptors (Lipinski definition) is 1. The second-order valence-corrected chi connectivity index (χ2v) is 4.27. The molecule has 0 N–H and O–H groups in total. The number of aldehydes is 1. The Labute approximate surface area is 104 Å². The molecule has 0 bridgehead atoms. The largest absolute Gasteiger partial charge is 0.298 e. The summed E-state index contributed by atoms with van der Waals surface area (Å²) in [6, 6.07) is 12.6. The summed E-state index contributed by atoms with van der Waals surface area (Å²) in [6.07, 6.45) is 0.814. The Balaban J connectivity index is 2.45. The lowest BCUT2D eigenvalue weighted by Gasteiger charge is -2.03. The van der Waals surface area contributed by atoms with Crippen molar-refractivity contribution < 1.29 is 4.79 Å². The van der Waals surface area contributed by atoms with Crippen molar-refractivity contribution in [3.63, 3.8) is 0 Å². The van der Waals surface area contributed by atoms with E-state index in [9.17, 15) is 4.79 Å². The summed E-state index contributed by atoms with van der Waals surface area (Å²) in [4.78, 5) is 10.5. The molecule has 0 aromatic heterocycles. The van der Waals surface area contributed by atoms with Gasteiger partial charge in [-0.05, 0) is 29.3 Å². The van der Waals surface area contributed by atoms with E-state index in [4.69, 9.17) is 23.2 Å². The van der Waals surface area contributed by atoms with Gasteiger partial charge in [-0.3, -0.25) is 4.79 Å². The van der Waals surface area contributed by atoms with Crippen LogP contribution in [0.2, 0.25) is 10.0 Å². The fourth-order valence-corrected chi connectivity index (χ4v) is 2.00. The SMILES string of the molecule is O=Cc1ccc(-c2cc(Cl)cc(Cl)c2)cc1. The molecule has 0 heterocycles. The number of benzene rings is 2. The van der Waals surface area contributed by atoms with Gasteiger partial charge in [-0.1, -0.05) is 47.5 Å². The summed E-state index contributed by atoms with van der Waals surface area (Å²) in [5.41, 5.74) is 2.57. The monoisotopic (exact) mass is 250 g/mol. The van der Waals surface area contributed by atoms with E-state index in [2.05, 4.69) is 0 Å². The number of carbonyl (C=O) groups is 1. The standard InChI is InChI=1S/C13H8Cl2O/c14-12-5-11(6-13(15)7-12)10-3-1-9(8-16)2-4-10/h1-8H. The van der Waals surface area contributed by atoms with Crippen LogP contribution in [0.4, 0.5) is 0 Å². The molecule has 0 atom stereocenters. The van der Waals surface area contributed by atoms with Gasteiger partial charge in [0, 0.05) is 15.6 Å². The molecule has 0 aliphatic rings. The van der Waals surface area contributed by atoms with E-state index in [0.717, 1.165) is 17.4 Å². The fraction of sp³-hybridized carbons (Fsp3) is 0. The van der Waals surface area contributed by atoms with E-state index in [1.807, 2.05) is 24.3 Å². The summed E-state index contributed by atoms with van der Waals surface area (Å²) in [7, 11) is 0. The van der Waals surface area contributed by atoms with Crippen LogP contribution in [0.5, 0.6) is 0 Å². The van der Waals surface area contributed by atoms with Crippen molar-refractivity contribution in [2.75, 3.05) is 0 Å². The van der Waals surface area contributed by atoms with E-state index >= 15 is 0 Å². The second kappa shape index (κ2) is 4.69. The third-order valence-electron chi connectivity index (χ3n) is 2.24. The minimum absolute atomic E-state index is 0.599. The van der Waals surface area contributed by atoms with Gasteiger partial charge in [0.1, 0.15) is 6.29 Å². The van der Waals surface area contributed by atoms with Crippen molar-refractivity contribution >= 4 is 29.5 Å². The summed E-state index contributed by atoms with van der Waals surface area (Å²) >= 11 is 11.8. The van der Waals surface area contributed by atoms with Gasteiger partial charge >= 0.3 is 0 Å². The first-order chi connectivity index (χ1) is 7.69. The summed E-state index contributed by atoms with van der Waals surface area (Å²) in [6.45, 7) is 0. The molecule has 0 radical (unpaired) electrons. The molecule has 0 aliphatic carbocycles. The first-order valence-electron chi connectivity index (χ1n) is 4.71. The highest BCUT2D eigenvalue weighted by Crippen LogP contribution is 2.27. The van der Waals surface area contributed by atoms with Crippen LogP contribution in [-0.2, 0) is 0 Å². The van der Waals surface area contributed by atoms with Crippen LogP contribution in [0, 0.1) is 0 Å². The van der Waals surface area contributed by atoms with Gasteiger partial charge < -0.3 is 0 Å². The Bertz CT molecular complexity index is 498. The Kier molecular flexibility index (Phi) is 3.28. The van der Waals surface area contributed by atoms with Crippen molar-refractivity contribution in [2.45, 2.75) is 0 Å². The zero-order chi connectivity index (χ0) is 11.5. The molecule has 0 spiro atoms. The number of halogens is 2. The predicted octanol–water partition coefficient (Wildman–Crippen LogP) is 4.47. The summed E-state index contributed by atoms with van der Waals surface area (Å²) < 4.78 is 0. The molecule has 80 valence electrons. The van der Waals surface area contributed by atoms with Gasteiger partial charge in [0.25, 0.3) is 0 Å². The zero-order valence-corrected chi connectivity index (χ0v) is 9.79. The molecule has 2 aromatic rings. The van der Waals surface area contributed by atoms with E-state index in [-0.39, 0.29) is 0 Å². The third-order valence-corrected chi connectivity index (χ3v) is 2.68. The lowest BCUT2D eigenvalue weighted by Crippen LogP contribution is -1.81. The number of hydrogen-bond donors (Lipinski definition) is 0. The molecular formula is C13H8Cl2O. The van der Waals surface area contributed by atoms with Crippen LogP contribution < -0.4 is 0 Å². The maximum absolute atomic E-state index is 10.5.